The van der Waals surface area contributed by atoms with E-state index in [0.717, 1.165) is 25.0 Å². The molecule has 0 heterocycles. The third kappa shape index (κ3) is 3.14. The molecular weight excluding hydrogens is 260 g/mol. The number of allylic oxidation sites excluding steroid dienone is 1. The fourth-order valence-electron chi connectivity index (χ4n) is 5.31. The molecule has 2 aliphatic carbocycles. The van der Waals surface area contributed by atoms with Gasteiger partial charge in [-0.2, -0.15) is 0 Å². The van der Waals surface area contributed by atoms with Gasteiger partial charge in [0.25, 0.3) is 0 Å². The Labute approximate surface area is 129 Å². The molecule has 0 aromatic rings. The predicted molar refractivity (Wildman–Crippen MR) is 86.0 cm³/mol. The van der Waals surface area contributed by atoms with Gasteiger partial charge in [0.2, 0.25) is 0 Å². The van der Waals surface area contributed by atoms with Crippen LogP contribution in [0.1, 0.15) is 72.1 Å². The van der Waals surface area contributed by atoms with Gasteiger partial charge >= 0.3 is 0 Å². The molecule has 0 amide bonds. The molecule has 0 bridgehead atoms. The van der Waals surface area contributed by atoms with E-state index in [1.165, 1.54) is 31.3 Å². The number of ketones is 1. The van der Waals surface area contributed by atoms with E-state index >= 15 is 0 Å². The third-order valence-electron chi connectivity index (χ3n) is 6.34. The number of fused-ring (bicyclic) bond motifs is 1. The average molecular weight is 290 g/mol. The van der Waals surface area contributed by atoms with Crippen LogP contribution in [0, 0.1) is 22.7 Å². The van der Waals surface area contributed by atoms with Crippen molar-refractivity contribution in [3.63, 3.8) is 0 Å². The quantitative estimate of drug-likeness (QED) is 0.417. The van der Waals surface area contributed by atoms with E-state index in [-0.39, 0.29) is 12.2 Å². The van der Waals surface area contributed by atoms with Crippen LogP contribution in [0.2, 0.25) is 0 Å². The lowest BCUT2D eigenvalue weighted by molar-refractivity contribution is -0.123. The molecule has 2 heteroatoms. The summed E-state index contributed by atoms with van der Waals surface area (Å²) in [7, 11) is 0. The maximum absolute atomic E-state index is 11.7. The number of hydrogen-bond acceptors (Lipinski definition) is 2. The number of aldehydes is 1. The van der Waals surface area contributed by atoms with Gasteiger partial charge in [0.15, 0.2) is 0 Å². The molecule has 2 fully saturated rings. The molecular formula is C19H30O2. The molecule has 21 heavy (non-hydrogen) atoms. The summed E-state index contributed by atoms with van der Waals surface area (Å²) in [5, 5.41) is 0. The lowest BCUT2D eigenvalue weighted by Crippen LogP contribution is -2.49. The van der Waals surface area contributed by atoms with E-state index in [0.29, 0.717) is 23.2 Å². The van der Waals surface area contributed by atoms with Crippen molar-refractivity contribution in [3.05, 3.63) is 12.2 Å². The number of carbonyl (C=O) groups is 2. The summed E-state index contributed by atoms with van der Waals surface area (Å²) in [5.74, 6) is 1.26. The SMILES string of the molecule is C=C1CC[C@H]2C(C)(C)CCC[C@]2(C)[C@H]1CCC(=O)CC=O. The van der Waals surface area contributed by atoms with E-state index in [4.69, 9.17) is 0 Å². The molecule has 2 rings (SSSR count). The molecule has 2 aliphatic rings. The van der Waals surface area contributed by atoms with Gasteiger partial charge in [0.05, 0.1) is 6.42 Å². The van der Waals surface area contributed by atoms with Gasteiger partial charge in [-0.3, -0.25) is 4.79 Å². The van der Waals surface area contributed by atoms with Crippen molar-refractivity contribution in [3.8, 4) is 0 Å². The third-order valence-corrected chi connectivity index (χ3v) is 6.34. The molecule has 0 aromatic carbocycles. The first-order chi connectivity index (χ1) is 9.81. The Hall–Kier alpha value is -0.920. The summed E-state index contributed by atoms with van der Waals surface area (Å²) in [6.07, 6.45) is 8.43. The number of carbonyl (C=O) groups excluding carboxylic acids is 2. The van der Waals surface area contributed by atoms with Crippen molar-refractivity contribution in [1.82, 2.24) is 0 Å². The zero-order chi connectivity index (χ0) is 15.7. The van der Waals surface area contributed by atoms with Gasteiger partial charge in [-0.25, -0.2) is 0 Å². The minimum Gasteiger partial charge on any atom is -0.303 e. The summed E-state index contributed by atoms with van der Waals surface area (Å²) in [4.78, 5) is 22.2. The van der Waals surface area contributed by atoms with Crippen molar-refractivity contribution < 1.29 is 9.59 Å². The molecule has 118 valence electrons. The Morgan fingerprint density at radius 1 is 1.33 bits per heavy atom. The van der Waals surface area contributed by atoms with Gasteiger partial charge < -0.3 is 4.79 Å². The van der Waals surface area contributed by atoms with E-state index in [1.54, 1.807) is 0 Å². The van der Waals surface area contributed by atoms with Crippen LogP contribution in [0.4, 0.5) is 0 Å². The molecule has 0 radical (unpaired) electrons. The lowest BCUT2D eigenvalue weighted by Gasteiger charge is -2.58. The first-order valence-corrected chi connectivity index (χ1v) is 8.44. The van der Waals surface area contributed by atoms with E-state index < -0.39 is 0 Å². The van der Waals surface area contributed by atoms with Crippen molar-refractivity contribution >= 4 is 12.1 Å². The Balaban J connectivity index is 2.15. The zero-order valence-electron chi connectivity index (χ0n) is 13.9. The molecule has 0 saturated heterocycles. The predicted octanol–water partition coefficient (Wildman–Crippen LogP) is 4.72. The number of rotatable bonds is 5. The lowest BCUT2D eigenvalue weighted by atomic mass is 9.47. The number of Topliss-reactive ketones (excluding diaryl/α,β-unsaturated/α-hetero) is 1. The Kier molecular flexibility index (Phi) is 4.75. The first-order valence-electron chi connectivity index (χ1n) is 8.44. The zero-order valence-corrected chi connectivity index (χ0v) is 13.9. The maximum Gasteiger partial charge on any atom is 0.139 e. The van der Waals surface area contributed by atoms with E-state index in [1.807, 2.05) is 0 Å². The molecule has 0 N–H and O–H groups in total. The summed E-state index contributed by atoms with van der Waals surface area (Å²) >= 11 is 0. The van der Waals surface area contributed by atoms with Crippen LogP contribution in [0.25, 0.3) is 0 Å². The highest BCUT2D eigenvalue weighted by atomic mass is 16.1. The fraction of sp³-hybridized carbons (Fsp3) is 0.789. The largest absolute Gasteiger partial charge is 0.303 e. The summed E-state index contributed by atoms with van der Waals surface area (Å²) < 4.78 is 0. The Bertz CT molecular complexity index is 435. The minimum atomic E-state index is 0.0742. The van der Waals surface area contributed by atoms with Crippen LogP contribution in [-0.2, 0) is 9.59 Å². The monoisotopic (exact) mass is 290 g/mol. The molecule has 0 aliphatic heterocycles. The second-order valence-electron chi connectivity index (χ2n) is 8.10. The maximum atomic E-state index is 11.7. The molecule has 0 spiro atoms. The van der Waals surface area contributed by atoms with Gasteiger partial charge in [-0.05, 0) is 54.8 Å². The Morgan fingerprint density at radius 3 is 2.71 bits per heavy atom. The van der Waals surface area contributed by atoms with Gasteiger partial charge in [0.1, 0.15) is 12.1 Å². The van der Waals surface area contributed by atoms with Crippen molar-refractivity contribution in [1.29, 1.82) is 0 Å². The van der Waals surface area contributed by atoms with Crippen LogP contribution < -0.4 is 0 Å². The van der Waals surface area contributed by atoms with Crippen LogP contribution >= 0.6 is 0 Å². The van der Waals surface area contributed by atoms with Crippen molar-refractivity contribution in [2.45, 2.75) is 72.1 Å². The van der Waals surface area contributed by atoms with Crippen molar-refractivity contribution in [2.75, 3.05) is 0 Å². The smallest absolute Gasteiger partial charge is 0.139 e. The average Bonchev–Trinajstić information content (AvgIpc) is 2.37. The highest BCUT2D eigenvalue weighted by Crippen LogP contribution is 2.61. The van der Waals surface area contributed by atoms with E-state index in [2.05, 4.69) is 27.4 Å². The van der Waals surface area contributed by atoms with Crippen LogP contribution in [0.5, 0.6) is 0 Å². The number of hydrogen-bond donors (Lipinski definition) is 0. The normalized spacial score (nSPS) is 35.1. The van der Waals surface area contributed by atoms with Crippen LogP contribution in [0.15, 0.2) is 12.2 Å². The standard InChI is InChI=1S/C19H30O2/c1-14-6-9-17-18(2,3)11-5-12-19(17,4)16(14)8-7-15(21)10-13-20/h13,16-17H,1,5-12H2,2-4H3/t16-,17-,19+/m0/s1. The van der Waals surface area contributed by atoms with Gasteiger partial charge in [-0.1, -0.05) is 39.3 Å². The second-order valence-corrected chi connectivity index (χ2v) is 8.10. The van der Waals surface area contributed by atoms with Gasteiger partial charge in [-0.15, -0.1) is 0 Å². The van der Waals surface area contributed by atoms with E-state index in [9.17, 15) is 9.59 Å². The highest BCUT2D eigenvalue weighted by molar-refractivity contribution is 5.89. The highest BCUT2D eigenvalue weighted by Gasteiger charge is 2.52. The van der Waals surface area contributed by atoms with Gasteiger partial charge in [0, 0.05) is 6.42 Å². The fourth-order valence-corrected chi connectivity index (χ4v) is 5.31. The second kappa shape index (κ2) is 6.06. The molecule has 2 saturated carbocycles. The summed E-state index contributed by atoms with van der Waals surface area (Å²) in [5.41, 5.74) is 2.03. The van der Waals surface area contributed by atoms with Crippen LogP contribution in [-0.4, -0.2) is 12.1 Å². The summed E-state index contributed by atoms with van der Waals surface area (Å²) in [6, 6.07) is 0. The van der Waals surface area contributed by atoms with Crippen molar-refractivity contribution in [2.24, 2.45) is 22.7 Å². The molecule has 2 nitrogen and oxygen atoms in total. The molecule has 0 aromatic heterocycles. The first kappa shape index (κ1) is 16.5. The molecule has 0 unspecified atom stereocenters. The summed E-state index contributed by atoms with van der Waals surface area (Å²) in [6.45, 7) is 11.6. The van der Waals surface area contributed by atoms with Crippen LogP contribution in [0.3, 0.4) is 0 Å². The molecule has 3 atom stereocenters. The Morgan fingerprint density at radius 2 is 2.05 bits per heavy atom. The topological polar surface area (TPSA) is 34.1 Å². The minimum absolute atomic E-state index is 0.0742.